The van der Waals surface area contributed by atoms with Crippen LogP contribution < -0.4 is 15.4 Å². The van der Waals surface area contributed by atoms with Gasteiger partial charge in [-0.3, -0.25) is 0 Å². The van der Waals surface area contributed by atoms with Gasteiger partial charge in [-0.1, -0.05) is 6.07 Å². The van der Waals surface area contributed by atoms with Crippen LogP contribution in [0.5, 0.6) is 5.88 Å². The Hall–Kier alpha value is -2.15. The van der Waals surface area contributed by atoms with Crippen LogP contribution in [0.4, 0.5) is 0 Å². The van der Waals surface area contributed by atoms with Gasteiger partial charge in [0.2, 0.25) is 5.88 Å². The number of methoxy groups -OCH3 is 1. The minimum atomic E-state index is 0.503. The summed E-state index contributed by atoms with van der Waals surface area (Å²) in [7, 11) is 1.61. The average molecular weight is 319 g/mol. The summed E-state index contributed by atoms with van der Waals surface area (Å²) in [6.07, 6.45) is 3.59. The molecule has 6 nitrogen and oxygen atoms in total. The van der Waals surface area contributed by atoms with E-state index < -0.39 is 0 Å². The topological polar surface area (TPSA) is 71.4 Å². The number of thiazole rings is 1. The van der Waals surface area contributed by atoms with Gasteiger partial charge in [-0.15, -0.1) is 11.3 Å². The Kier molecular flexibility index (Phi) is 6.14. The van der Waals surface area contributed by atoms with E-state index in [1.54, 1.807) is 24.6 Å². The van der Waals surface area contributed by atoms with Crippen LogP contribution in [0.25, 0.3) is 0 Å². The number of aryl methyl sites for hydroxylation is 1. The predicted molar refractivity (Wildman–Crippen MR) is 89.3 cm³/mol. The molecule has 2 heterocycles. The van der Waals surface area contributed by atoms with E-state index in [0.717, 1.165) is 23.1 Å². The van der Waals surface area contributed by atoms with Crippen molar-refractivity contribution < 1.29 is 4.74 Å². The van der Waals surface area contributed by atoms with Crippen LogP contribution in [0.1, 0.15) is 22.4 Å². The molecule has 0 fully saturated rings. The van der Waals surface area contributed by atoms with E-state index in [-0.39, 0.29) is 0 Å². The molecule has 2 aromatic heterocycles. The Morgan fingerprint density at radius 3 is 2.91 bits per heavy atom. The molecule has 0 aliphatic rings. The number of guanidine groups is 1. The third-order valence-electron chi connectivity index (χ3n) is 2.87. The lowest BCUT2D eigenvalue weighted by molar-refractivity contribution is 0.392. The first-order valence-corrected chi connectivity index (χ1v) is 7.96. The highest BCUT2D eigenvalue weighted by atomic mass is 32.1. The van der Waals surface area contributed by atoms with Crippen molar-refractivity contribution in [3.63, 3.8) is 0 Å². The van der Waals surface area contributed by atoms with Crippen LogP contribution in [0.15, 0.2) is 29.5 Å². The molecular weight excluding hydrogens is 298 g/mol. The predicted octanol–water partition coefficient (Wildman–Crippen LogP) is 2.11. The zero-order chi connectivity index (χ0) is 15.8. The van der Waals surface area contributed by atoms with Gasteiger partial charge in [-0.05, 0) is 19.9 Å². The fourth-order valence-corrected chi connectivity index (χ4v) is 2.60. The number of rotatable bonds is 6. The molecule has 0 radical (unpaired) electrons. The highest BCUT2D eigenvalue weighted by Gasteiger charge is 2.04. The molecule has 7 heteroatoms. The van der Waals surface area contributed by atoms with Crippen molar-refractivity contribution in [3.05, 3.63) is 40.0 Å². The molecule has 0 unspecified atom stereocenters. The summed E-state index contributed by atoms with van der Waals surface area (Å²) >= 11 is 1.68. The molecule has 0 bridgehead atoms. The zero-order valence-electron chi connectivity index (χ0n) is 13.1. The quantitative estimate of drug-likeness (QED) is 0.630. The molecule has 22 heavy (non-hydrogen) atoms. The normalized spacial score (nSPS) is 11.3. The summed E-state index contributed by atoms with van der Waals surface area (Å²) in [5.74, 6) is 1.36. The van der Waals surface area contributed by atoms with Crippen molar-refractivity contribution in [1.29, 1.82) is 0 Å². The van der Waals surface area contributed by atoms with Crippen molar-refractivity contribution in [3.8, 4) is 5.88 Å². The van der Waals surface area contributed by atoms with E-state index in [9.17, 15) is 0 Å². The van der Waals surface area contributed by atoms with Crippen LogP contribution in [0.3, 0.4) is 0 Å². The first-order chi connectivity index (χ1) is 10.7. The van der Waals surface area contributed by atoms with E-state index in [1.807, 2.05) is 25.3 Å². The lowest BCUT2D eigenvalue weighted by atomic mass is 10.3. The van der Waals surface area contributed by atoms with E-state index in [0.29, 0.717) is 19.0 Å². The van der Waals surface area contributed by atoms with Crippen molar-refractivity contribution in [2.24, 2.45) is 4.99 Å². The van der Waals surface area contributed by atoms with Crippen LogP contribution in [0, 0.1) is 6.92 Å². The Morgan fingerprint density at radius 2 is 2.23 bits per heavy atom. The Bertz CT molecular complexity index is 626. The molecule has 0 aliphatic heterocycles. The van der Waals surface area contributed by atoms with Gasteiger partial charge in [-0.25, -0.2) is 15.0 Å². The molecule has 0 atom stereocenters. The van der Waals surface area contributed by atoms with Crippen molar-refractivity contribution in [1.82, 2.24) is 20.6 Å². The molecule has 2 aromatic rings. The number of hydrogen-bond donors (Lipinski definition) is 2. The minimum Gasteiger partial charge on any atom is -0.481 e. The van der Waals surface area contributed by atoms with E-state index in [4.69, 9.17) is 4.74 Å². The first kappa shape index (κ1) is 16.2. The number of pyridine rings is 1. The standard InChI is InChI=1S/C15H21N5OS/c1-4-16-15(20-10-13-18-8-11(2)22-13)19-9-12-6-5-7-17-14(12)21-3/h5-8H,4,9-10H2,1-3H3,(H2,16,19,20). The maximum Gasteiger partial charge on any atom is 0.218 e. The third-order valence-corrected chi connectivity index (χ3v) is 3.78. The summed E-state index contributed by atoms with van der Waals surface area (Å²) in [6, 6.07) is 3.84. The first-order valence-electron chi connectivity index (χ1n) is 7.14. The SMILES string of the molecule is CCNC(=NCc1cccnc1OC)NCc1ncc(C)s1. The number of hydrogen-bond acceptors (Lipinski definition) is 5. The molecule has 2 rings (SSSR count). The van der Waals surface area contributed by atoms with Gasteiger partial charge in [0.05, 0.1) is 20.2 Å². The number of ether oxygens (including phenoxy) is 1. The average Bonchev–Trinajstić information content (AvgIpc) is 2.96. The van der Waals surface area contributed by atoms with Gasteiger partial charge in [0, 0.05) is 29.4 Å². The van der Waals surface area contributed by atoms with Gasteiger partial charge in [0.25, 0.3) is 0 Å². The minimum absolute atomic E-state index is 0.503. The maximum absolute atomic E-state index is 5.24. The summed E-state index contributed by atoms with van der Waals surface area (Å²) < 4.78 is 5.24. The largest absolute Gasteiger partial charge is 0.481 e. The van der Waals surface area contributed by atoms with Crippen LogP contribution >= 0.6 is 11.3 Å². The zero-order valence-corrected chi connectivity index (χ0v) is 13.9. The third kappa shape index (κ3) is 4.70. The van der Waals surface area contributed by atoms with E-state index in [1.165, 1.54) is 4.88 Å². The fraction of sp³-hybridized carbons (Fsp3) is 0.400. The smallest absolute Gasteiger partial charge is 0.218 e. The van der Waals surface area contributed by atoms with Crippen molar-refractivity contribution in [2.45, 2.75) is 26.9 Å². The highest BCUT2D eigenvalue weighted by molar-refractivity contribution is 7.11. The summed E-state index contributed by atoms with van der Waals surface area (Å²) in [4.78, 5) is 14.3. The van der Waals surface area contributed by atoms with Crippen molar-refractivity contribution in [2.75, 3.05) is 13.7 Å². The number of nitrogens with zero attached hydrogens (tertiary/aromatic N) is 3. The summed E-state index contributed by atoms with van der Waals surface area (Å²) in [5.41, 5.74) is 0.951. The Labute approximate surface area is 134 Å². The lowest BCUT2D eigenvalue weighted by Crippen LogP contribution is -2.36. The number of aromatic nitrogens is 2. The monoisotopic (exact) mass is 319 g/mol. The number of nitrogens with one attached hydrogen (secondary N) is 2. The van der Waals surface area contributed by atoms with Crippen LogP contribution in [-0.4, -0.2) is 29.6 Å². The molecule has 0 amide bonds. The summed E-state index contributed by atoms with van der Waals surface area (Å²) in [6.45, 7) is 6.05. The van der Waals surface area contributed by atoms with Gasteiger partial charge in [0.1, 0.15) is 5.01 Å². The highest BCUT2D eigenvalue weighted by Crippen LogP contribution is 2.14. The van der Waals surface area contributed by atoms with Crippen LogP contribution in [-0.2, 0) is 13.1 Å². The molecule has 0 saturated carbocycles. The van der Waals surface area contributed by atoms with Gasteiger partial charge >= 0.3 is 0 Å². The molecule has 0 saturated heterocycles. The van der Waals surface area contributed by atoms with Gasteiger partial charge < -0.3 is 15.4 Å². The molecule has 118 valence electrons. The Morgan fingerprint density at radius 1 is 1.36 bits per heavy atom. The van der Waals surface area contributed by atoms with Gasteiger partial charge in [-0.2, -0.15) is 0 Å². The Balaban J connectivity index is 2.00. The number of aliphatic imine (C=N–C) groups is 1. The molecule has 2 N–H and O–H groups in total. The van der Waals surface area contributed by atoms with Crippen LogP contribution in [0.2, 0.25) is 0 Å². The van der Waals surface area contributed by atoms with Gasteiger partial charge in [0.15, 0.2) is 5.96 Å². The second-order valence-electron chi connectivity index (χ2n) is 4.59. The molecule has 0 spiro atoms. The van der Waals surface area contributed by atoms with Crippen molar-refractivity contribution >= 4 is 17.3 Å². The molecule has 0 aliphatic carbocycles. The van der Waals surface area contributed by atoms with E-state index >= 15 is 0 Å². The second-order valence-corrected chi connectivity index (χ2v) is 5.90. The van der Waals surface area contributed by atoms with E-state index in [2.05, 4.69) is 32.5 Å². The maximum atomic E-state index is 5.24. The summed E-state index contributed by atoms with van der Waals surface area (Å²) in [5, 5.41) is 7.55. The second kappa shape index (κ2) is 8.33. The molecular formula is C15H21N5OS. The lowest BCUT2D eigenvalue weighted by Gasteiger charge is -2.10. The fourth-order valence-electron chi connectivity index (χ4n) is 1.88. The molecule has 0 aromatic carbocycles.